The van der Waals surface area contributed by atoms with E-state index in [4.69, 9.17) is 5.84 Å². The lowest BCUT2D eigenvalue weighted by atomic mass is 10.2. The molecule has 0 spiro atoms. The van der Waals surface area contributed by atoms with Gasteiger partial charge in [0, 0.05) is 28.7 Å². The minimum absolute atomic E-state index is 0.132. The van der Waals surface area contributed by atoms with Crippen molar-refractivity contribution >= 4 is 21.6 Å². The third kappa shape index (κ3) is 7.57. The number of nitrogens with two attached hydrogens (primary N) is 1. The highest BCUT2D eigenvalue weighted by molar-refractivity contribution is 7.99. The lowest BCUT2D eigenvalue weighted by Crippen LogP contribution is -2.37. The minimum atomic E-state index is -2.88. The van der Waals surface area contributed by atoms with Gasteiger partial charge < -0.3 is 0 Å². The van der Waals surface area contributed by atoms with Gasteiger partial charge in [0.1, 0.15) is 9.84 Å². The quantitative estimate of drug-likeness (QED) is 0.435. The lowest BCUT2D eigenvalue weighted by Gasteiger charge is -2.15. The summed E-state index contributed by atoms with van der Waals surface area (Å²) in [5.41, 5.74) is 3.99. The van der Waals surface area contributed by atoms with Gasteiger partial charge in [-0.3, -0.25) is 11.3 Å². The van der Waals surface area contributed by atoms with Gasteiger partial charge in [0.25, 0.3) is 0 Å². The molecule has 1 unspecified atom stereocenters. The number of aryl methyl sites for hydroxylation is 1. The summed E-state index contributed by atoms with van der Waals surface area (Å²) in [6.07, 6.45) is 2.67. The Balaban J connectivity index is 2.36. The molecule has 6 heteroatoms. The molecule has 0 saturated carbocycles. The molecule has 1 atom stereocenters. The van der Waals surface area contributed by atoms with Crippen LogP contribution in [0.15, 0.2) is 29.2 Å². The first kappa shape index (κ1) is 16.5. The van der Waals surface area contributed by atoms with Gasteiger partial charge in [-0.25, -0.2) is 8.42 Å². The maximum absolute atomic E-state index is 11.1. The standard InChI is InChI=1S/C13H22N2O2S2/c1-11-5-3-7-13(9-11)18-10-12(15-14)6-4-8-19(2,16)17/h3,5,7,9,12,15H,4,6,8,10,14H2,1-2H3. The van der Waals surface area contributed by atoms with Crippen LogP contribution in [-0.4, -0.2) is 32.2 Å². The predicted molar refractivity (Wildman–Crippen MR) is 82.0 cm³/mol. The fraction of sp³-hybridized carbons (Fsp3) is 0.538. The van der Waals surface area contributed by atoms with E-state index in [-0.39, 0.29) is 11.8 Å². The molecule has 0 saturated heterocycles. The summed E-state index contributed by atoms with van der Waals surface area (Å²) in [6, 6.07) is 8.43. The van der Waals surface area contributed by atoms with E-state index in [0.717, 1.165) is 12.2 Å². The van der Waals surface area contributed by atoms with Gasteiger partial charge in [-0.2, -0.15) is 0 Å². The van der Waals surface area contributed by atoms with E-state index in [1.165, 1.54) is 16.7 Å². The van der Waals surface area contributed by atoms with Crippen LogP contribution in [0.1, 0.15) is 18.4 Å². The maximum atomic E-state index is 11.1. The van der Waals surface area contributed by atoms with Crippen LogP contribution in [0.4, 0.5) is 0 Å². The summed E-state index contributed by atoms with van der Waals surface area (Å²) in [5.74, 6) is 6.56. The zero-order valence-electron chi connectivity index (χ0n) is 11.4. The van der Waals surface area contributed by atoms with Crippen LogP contribution in [0, 0.1) is 6.92 Å². The minimum Gasteiger partial charge on any atom is -0.271 e. The summed E-state index contributed by atoms with van der Waals surface area (Å²) in [7, 11) is -2.88. The third-order valence-corrected chi connectivity index (χ3v) is 4.93. The molecule has 19 heavy (non-hydrogen) atoms. The van der Waals surface area contributed by atoms with Crippen molar-refractivity contribution in [1.29, 1.82) is 0 Å². The van der Waals surface area contributed by atoms with Crippen molar-refractivity contribution < 1.29 is 8.42 Å². The molecule has 0 aromatic heterocycles. The smallest absolute Gasteiger partial charge is 0.147 e. The van der Waals surface area contributed by atoms with E-state index in [1.807, 2.05) is 6.07 Å². The average molecular weight is 302 g/mol. The molecular formula is C13H22N2O2S2. The van der Waals surface area contributed by atoms with E-state index in [0.29, 0.717) is 6.42 Å². The Bertz CT molecular complexity index is 489. The number of hydrogen-bond acceptors (Lipinski definition) is 5. The molecule has 108 valence electrons. The maximum Gasteiger partial charge on any atom is 0.147 e. The number of hydrogen-bond donors (Lipinski definition) is 2. The second-order valence-corrected chi connectivity index (χ2v) is 8.12. The Morgan fingerprint density at radius 2 is 2.16 bits per heavy atom. The molecular weight excluding hydrogens is 280 g/mol. The first-order valence-corrected chi connectivity index (χ1v) is 9.28. The highest BCUT2D eigenvalue weighted by Crippen LogP contribution is 2.20. The van der Waals surface area contributed by atoms with Gasteiger partial charge in [0.2, 0.25) is 0 Å². The average Bonchev–Trinajstić information content (AvgIpc) is 2.32. The molecule has 1 aromatic carbocycles. The second kappa shape index (κ2) is 7.89. The van der Waals surface area contributed by atoms with Crippen molar-refractivity contribution in [3.8, 4) is 0 Å². The molecule has 4 nitrogen and oxygen atoms in total. The first-order chi connectivity index (χ1) is 8.90. The van der Waals surface area contributed by atoms with Crippen molar-refractivity contribution in [1.82, 2.24) is 5.43 Å². The molecule has 0 aliphatic heterocycles. The number of benzene rings is 1. The first-order valence-electron chi connectivity index (χ1n) is 6.24. The largest absolute Gasteiger partial charge is 0.271 e. The highest BCUT2D eigenvalue weighted by atomic mass is 32.2. The molecule has 3 N–H and O–H groups in total. The zero-order chi connectivity index (χ0) is 14.3. The molecule has 0 radical (unpaired) electrons. The summed E-state index contributed by atoms with van der Waals surface area (Å²) in [5, 5.41) is 0. The van der Waals surface area contributed by atoms with Crippen molar-refractivity contribution in [2.75, 3.05) is 17.8 Å². The Morgan fingerprint density at radius 1 is 1.42 bits per heavy atom. The monoisotopic (exact) mass is 302 g/mol. The zero-order valence-corrected chi connectivity index (χ0v) is 13.1. The van der Waals surface area contributed by atoms with Crippen LogP contribution in [0.5, 0.6) is 0 Å². The molecule has 0 aliphatic carbocycles. The van der Waals surface area contributed by atoms with Gasteiger partial charge in [-0.05, 0) is 31.9 Å². The second-order valence-electron chi connectivity index (χ2n) is 4.76. The van der Waals surface area contributed by atoms with E-state index >= 15 is 0 Å². The normalized spacial score (nSPS) is 13.4. The number of nitrogens with one attached hydrogen (secondary N) is 1. The highest BCUT2D eigenvalue weighted by Gasteiger charge is 2.09. The summed E-state index contributed by atoms with van der Waals surface area (Å²) < 4.78 is 22.1. The Hall–Kier alpha value is -0.560. The van der Waals surface area contributed by atoms with Crippen LogP contribution >= 0.6 is 11.8 Å². The number of sulfone groups is 1. The van der Waals surface area contributed by atoms with Crippen LogP contribution in [0.2, 0.25) is 0 Å². The number of rotatable bonds is 8. The summed E-state index contributed by atoms with van der Waals surface area (Å²) >= 11 is 1.73. The Morgan fingerprint density at radius 3 is 2.74 bits per heavy atom. The Kier molecular flexibility index (Phi) is 6.85. The SMILES string of the molecule is Cc1cccc(SCC(CCCS(C)(=O)=O)NN)c1. The van der Waals surface area contributed by atoms with Gasteiger partial charge in [-0.1, -0.05) is 17.7 Å². The van der Waals surface area contributed by atoms with Crippen molar-refractivity contribution in [3.05, 3.63) is 29.8 Å². The van der Waals surface area contributed by atoms with Crippen molar-refractivity contribution in [2.45, 2.75) is 30.7 Å². The number of thioether (sulfide) groups is 1. The van der Waals surface area contributed by atoms with Gasteiger partial charge >= 0.3 is 0 Å². The summed E-state index contributed by atoms with van der Waals surface area (Å²) in [6.45, 7) is 2.06. The van der Waals surface area contributed by atoms with Crippen LogP contribution < -0.4 is 11.3 Å². The van der Waals surface area contributed by atoms with Crippen LogP contribution in [-0.2, 0) is 9.84 Å². The fourth-order valence-corrected chi connectivity index (χ4v) is 3.50. The fourth-order valence-electron chi connectivity index (χ4n) is 1.71. The predicted octanol–water partition coefficient (Wildman–Crippen LogP) is 1.74. The molecule has 0 bridgehead atoms. The molecule has 0 heterocycles. The molecule has 0 aliphatic rings. The summed E-state index contributed by atoms with van der Waals surface area (Å²) in [4.78, 5) is 1.21. The third-order valence-electron chi connectivity index (χ3n) is 2.74. The van der Waals surface area contributed by atoms with E-state index < -0.39 is 9.84 Å². The topological polar surface area (TPSA) is 72.2 Å². The Labute approximate surface area is 120 Å². The van der Waals surface area contributed by atoms with E-state index in [1.54, 1.807) is 11.8 Å². The van der Waals surface area contributed by atoms with Crippen molar-refractivity contribution in [3.63, 3.8) is 0 Å². The molecule has 0 fully saturated rings. The lowest BCUT2D eigenvalue weighted by molar-refractivity contribution is 0.528. The molecule has 1 aromatic rings. The van der Waals surface area contributed by atoms with Gasteiger partial charge in [0.15, 0.2) is 0 Å². The van der Waals surface area contributed by atoms with Crippen molar-refractivity contribution in [2.24, 2.45) is 5.84 Å². The van der Waals surface area contributed by atoms with Crippen LogP contribution in [0.25, 0.3) is 0 Å². The number of hydrazine groups is 1. The molecule has 0 amide bonds. The van der Waals surface area contributed by atoms with Crippen LogP contribution in [0.3, 0.4) is 0 Å². The molecule has 1 rings (SSSR count). The van der Waals surface area contributed by atoms with Gasteiger partial charge in [-0.15, -0.1) is 11.8 Å². The van der Waals surface area contributed by atoms with E-state index in [2.05, 4.69) is 30.5 Å². The van der Waals surface area contributed by atoms with E-state index in [9.17, 15) is 8.42 Å². The van der Waals surface area contributed by atoms with Gasteiger partial charge in [0.05, 0.1) is 0 Å².